The first-order valence-corrected chi connectivity index (χ1v) is 22.6. The van der Waals surface area contributed by atoms with E-state index in [-0.39, 0.29) is 29.8 Å². The number of nitrogens with zero attached hydrogens (tertiary/aromatic N) is 4. The zero-order valence-electron chi connectivity index (χ0n) is 34.5. The van der Waals surface area contributed by atoms with Crippen molar-refractivity contribution in [3.05, 3.63) is 52.2 Å². The van der Waals surface area contributed by atoms with E-state index < -0.39 is 11.2 Å². The molecule has 18 heteroatoms. The molecule has 57 heavy (non-hydrogen) atoms. The summed E-state index contributed by atoms with van der Waals surface area (Å²) in [5.74, 6) is -0.0409. The third-order valence-corrected chi connectivity index (χ3v) is 12.4. The maximum atomic E-state index is 12.2. The highest BCUT2D eigenvalue weighted by Crippen LogP contribution is 2.39. The van der Waals surface area contributed by atoms with Crippen LogP contribution in [0.15, 0.2) is 18.2 Å². The lowest BCUT2D eigenvalue weighted by Crippen LogP contribution is -2.50. The molecule has 5 rings (SSSR count). The lowest BCUT2D eigenvalue weighted by atomic mass is 10.1. The normalized spacial score (nSPS) is 15.4. The number of nitrogens with one attached hydrogen (secondary N) is 1. The molecule has 0 aliphatic carbocycles. The summed E-state index contributed by atoms with van der Waals surface area (Å²) in [6.07, 6.45) is -0.519. The molecule has 2 saturated heterocycles. The molecule has 1 unspecified atom stereocenters. The Morgan fingerprint density at radius 3 is 1.37 bits per heavy atom. The Kier molecular flexibility index (Phi) is 18.3. The molecular formula is C39H55Cl4N5O6S3. The van der Waals surface area contributed by atoms with Gasteiger partial charge in [-0.15, -0.1) is 34.0 Å². The van der Waals surface area contributed by atoms with Gasteiger partial charge in [0.15, 0.2) is 11.6 Å². The van der Waals surface area contributed by atoms with Crippen LogP contribution in [0.2, 0.25) is 17.3 Å². The van der Waals surface area contributed by atoms with Crippen molar-refractivity contribution in [3.63, 3.8) is 0 Å². The van der Waals surface area contributed by atoms with Gasteiger partial charge in [-0.2, -0.15) is 0 Å². The van der Waals surface area contributed by atoms with Gasteiger partial charge in [0.25, 0.3) is 0 Å². The predicted molar refractivity (Wildman–Crippen MR) is 240 cm³/mol. The first kappa shape index (κ1) is 49.1. The second-order valence-electron chi connectivity index (χ2n) is 15.9. The summed E-state index contributed by atoms with van der Waals surface area (Å²) in [6, 6.07) is 6.00. The Hall–Kier alpha value is -2.30. The summed E-state index contributed by atoms with van der Waals surface area (Å²) in [4.78, 5) is 54.6. The molecule has 1 atom stereocenters. The fourth-order valence-electron chi connectivity index (χ4n) is 5.77. The molecule has 0 bridgehead atoms. The van der Waals surface area contributed by atoms with Crippen molar-refractivity contribution in [1.29, 1.82) is 0 Å². The van der Waals surface area contributed by atoms with Crippen molar-refractivity contribution in [2.45, 2.75) is 99.4 Å². The van der Waals surface area contributed by atoms with Gasteiger partial charge in [0.1, 0.15) is 20.5 Å². The van der Waals surface area contributed by atoms with Crippen molar-refractivity contribution in [2.24, 2.45) is 0 Å². The minimum atomic E-state index is -0.489. The van der Waals surface area contributed by atoms with E-state index in [2.05, 4.69) is 42.0 Å². The van der Waals surface area contributed by atoms with Crippen LogP contribution >= 0.6 is 80.4 Å². The Morgan fingerprint density at radius 1 is 0.614 bits per heavy atom. The number of anilines is 2. The summed E-state index contributed by atoms with van der Waals surface area (Å²) >= 11 is 27.8. The van der Waals surface area contributed by atoms with Crippen LogP contribution < -0.4 is 15.1 Å². The number of amides is 2. The highest BCUT2D eigenvalue weighted by atomic mass is 35.5. The second-order valence-corrected chi connectivity index (χ2v) is 21.5. The van der Waals surface area contributed by atoms with Crippen LogP contribution in [0, 0.1) is 0 Å². The van der Waals surface area contributed by atoms with E-state index in [0.29, 0.717) is 69.4 Å². The quantitative estimate of drug-likeness (QED) is 0.232. The van der Waals surface area contributed by atoms with Gasteiger partial charge in [-0.25, -0.2) is 9.59 Å². The van der Waals surface area contributed by atoms with Crippen molar-refractivity contribution in [3.8, 4) is 0 Å². The molecule has 3 aromatic rings. The third kappa shape index (κ3) is 15.7. The van der Waals surface area contributed by atoms with Crippen LogP contribution in [0.4, 0.5) is 19.6 Å². The average Bonchev–Trinajstić information content (AvgIpc) is 3.79. The fraction of sp³-hybridized carbons (Fsp3) is 0.590. The van der Waals surface area contributed by atoms with E-state index in [9.17, 15) is 19.2 Å². The SMILES string of the molecule is CC(=O)c1cc(Cl)sc1Cl.CC(=O)c1cc(Cl)sc1N1CCN(C(=O)OC(C)(C)C)CC1.CC(C)NC(C)c1cc(Cl)sc1N1CCN(C(=O)OC(C)(C)C)CC1. The number of halogens is 4. The smallest absolute Gasteiger partial charge is 0.410 e. The molecule has 2 aliphatic rings. The van der Waals surface area contributed by atoms with Gasteiger partial charge in [-0.3, -0.25) is 9.59 Å². The summed E-state index contributed by atoms with van der Waals surface area (Å²) in [5.41, 5.74) is 1.45. The Balaban J connectivity index is 0.000000248. The molecule has 5 heterocycles. The van der Waals surface area contributed by atoms with Crippen LogP contribution in [0.5, 0.6) is 0 Å². The standard InChI is InChI=1S/C18H30ClN3O2S.C15H21ClN2O3S.C6H4Cl2OS/c1-12(2)20-13(3)14-11-15(19)25-16(14)21-7-9-22(10-8-21)17(23)24-18(4,5)6;1-10(19)11-9-12(16)22-13(11)17-5-7-18(8-6-17)14(20)21-15(2,3)4;1-3(9)4-2-5(7)10-6(4)8/h11-13,20H,7-10H2,1-6H3;9H,5-8H2,1-4H3;2H,1H3. The number of carbonyl (C=O) groups is 4. The van der Waals surface area contributed by atoms with E-state index in [1.807, 2.05) is 41.5 Å². The summed E-state index contributed by atoms with van der Waals surface area (Å²) in [7, 11) is 0. The molecule has 0 saturated carbocycles. The van der Waals surface area contributed by atoms with Crippen LogP contribution in [0.3, 0.4) is 0 Å². The zero-order valence-corrected chi connectivity index (χ0v) is 40.0. The maximum absolute atomic E-state index is 12.2. The number of hydrogen-bond acceptors (Lipinski definition) is 12. The average molecular weight is 928 g/mol. The molecule has 2 aliphatic heterocycles. The number of piperazine rings is 2. The number of Topliss-reactive ketones (excluding diaryl/α,β-unsaturated/α-hetero) is 2. The molecule has 0 radical (unpaired) electrons. The van der Waals surface area contributed by atoms with Crippen LogP contribution in [0.25, 0.3) is 0 Å². The van der Waals surface area contributed by atoms with Crippen LogP contribution in [-0.4, -0.2) is 103 Å². The summed E-state index contributed by atoms with van der Waals surface area (Å²) < 4.78 is 13.3. The highest BCUT2D eigenvalue weighted by molar-refractivity contribution is 7.21. The van der Waals surface area contributed by atoms with Gasteiger partial charge in [-0.05, 0) is 80.5 Å². The van der Waals surface area contributed by atoms with Crippen molar-refractivity contribution in [1.82, 2.24) is 15.1 Å². The van der Waals surface area contributed by atoms with Crippen molar-refractivity contribution >= 4 is 114 Å². The largest absolute Gasteiger partial charge is 0.444 e. The molecule has 2 fully saturated rings. The number of ketones is 2. The summed E-state index contributed by atoms with van der Waals surface area (Å²) in [5, 5.41) is 5.63. The van der Waals surface area contributed by atoms with Crippen LogP contribution in [0.1, 0.15) is 108 Å². The van der Waals surface area contributed by atoms with Crippen molar-refractivity contribution in [2.75, 3.05) is 62.2 Å². The molecule has 11 nitrogen and oxygen atoms in total. The zero-order chi connectivity index (χ0) is 43.0. The lowest BCUT2D eigenvalue weighted by Gasteiger charge is -2.37. The van der Waals surface area contributed by atoms with Crippen molar-refractivity contribution < 1.29 is 28.7 Å². The predicted octanol–water partition coefficient (Wildman–Crippen LogP) is 11.4. The molecule has 0 aromatic carbocycles. The number of hydrogen-bond donors (Lipinski definition) is 1. The van der Waals surface area contributed by atoms with E-state index in [0.717, 1.165) is 22.4 Å². The summed E-state index contributed by atoms with van der Waals surface area (Å²) in [6.45, 7) is 26.1. The van der Waals surface area contributed by atoms with Gasteiger partial charge in [0.05, 0.1) is 23.6 Å². The van der Waals surface area contributed by atoms with Gasteiger partial charge >= 0.3 is 12.2 Å². The first-order valence-electron chi connectivity index (χ1n) is 18.6. The molecule has 3 aromatic heterocycles. The fourth-order valence-corrected chi connectivity index (χ4v) is 10.0. The second kappa shape index (κ2) is 21.3. The maximum Gasteiger partial charge on any atom is 0.410 e. The topological polar surface area (TPSA) is 112 Å². The molecule has 0 spiro atoms. The molecule has 318 valence electrons. The van der Waals surface area contributed by atoms with E-state index in [1.54, 1.807) is 40.2 Å². The van der Waals surface area contributed by atoms with Gasteiger partial charge in [-0.1, -0.05) is 60.3 Å². The van der Waals surface area contributed by atoms with Gasteiger partial charge < -0.3 is 34.4 Å². The molecule has 2 amide bonds. The first-order chi connectivity index (χ1) is 26.3. The lowest BCUT2D eigenvalue weighted by molar-refractivity contribution is 0.0230. The Bertz CT molecular complexity index is 1840. The monoisotopic (exact) mass is 925 g/mol. The molecular weight excluding hydrogens is 872 g/mol. The van der Waals surface area contributed by atoms with E-state index in [1.165, 1.54) is 40.2 Å². The van der Waals surface area contributed by atoms with E-state index >= 15 is 0 Å². The minimum absolute atomic E-state index is 0.00715. The Morgan fingerprint density at radius 2 is 1.00 bits per heavy atom. The Labute approximate surface area is 369 Å². The van der Waals surface area contributed by atoms with Gasteiger partial charge in [0.2, 0.25) is 0 Å². The third-order valence-electron chi connectivity index (χ3n) is 8.29. The van der Waals surface area contributed by atoms with Gasteiger partial charge in [0, 0.05) is 75.6 Å². The minimum Gasteiger partial charge on any atom is -0.444 e. The number of rotatable bonds is 7. The number of carbonyl (C=O) groups excluding carboxylic acids is 4. The van der Waals surface area contributed by atoms with E-state index in [4.69, 9.17) is 55.9 Å². The highest BCUT2D eigenvalue weighted by Gasteiger charge is 2.30. The van der Waals surface area contributed by atoms with Crippen LogP contribution in [-0.2, 0) is 9.47 Å². The number of ether oxygens (including phenoxy) is 2. The number of thiophene rings is 3. The molecule has 1 N–H and O–H groups in total.